The lowest BCUT2D eigenvalue weighted by atomic mass is 10.00. The van der Waals surface area contributed by atoms with Gasteiger partial charge in [0.05, 0.1) is 14.2 Å². The largest absolute Gasteiger partial charge is 0.497 e. The maximum atomic E-state index is 5.60. The predicted molar refractivity (Wildman–Crippen MR) is 166 cm³/mol. The predicted octanol–water partition coefficient (Wildman–Crippen LogP) is 6.38. The fraction of sp³-hybridized carbons (Fsp3) is 0.355. The van der Waals surface area contributed by atoms with Gasteiger partial charge >= 0.3 is 0 Å². The molecule has 1 fully saturated rings. The molecule has 8 nitrogen and oxygen atoms in total. The first-order valence-corrected chi connectivity index (χ1v) is 13.5. The van der Waals surface area contributed by atoms with Crippen LogP contribution in [0.2, 0.25) is 0 Å². The van der Waals surface area contributed by atoms with Crippen molar-refractivity contribution < 1.29 is 18.9 Å². The number of ether oxygens (including phenoxy) is 4. The van der Waals surface area contributed by atoms with Crippen molar-refractivity contribution >= 4 is 41.4 Å². The van der Waals surface area contributed by atoms with Gasteiger partial charge in [0.15, 0.2) is 17.3 Å². The smallest absolute Gasteiger partial charge is 0.231 e. The second-order valence-corrected chi connectivity index (χ2v) is 9.99. The van der Waals surface area contributed by atoms with E-state index in [1.807, 2.05) is 36.4 Å². The van der Waals surface area contributed by atoms with Crippen LogP contribution in [0.25, 0.3) is 22.0 Å². The molecule has 0 radical (unpaired) electrons. The van der Waals surface area contributed by atoms with Crippen molar-refractivity contribution in [2.45, 2.75) is 32.4 Å². The van der Waals surface area contributed by atoms with Crippen LogP contribution in [0, 0.1) is 0 Å². The van der Waals surface area contributed by atoms with Gasteiger partial charge in [0, 0.05) is 48.6 Å². The van der Waals surface area contributed by atoms with Gasteiger partial charge in [-0.05, 0) is 79.9 Å². The molecule has 0 saturated carbocycles. The van der Waals surface area contributed by atoms with Crippen LogP contribution in [0.15, 0.2) is 60.7 Å². The molecule has 2 aliphatic rings. The van der Waals surface area contributed by atoms with Gasteiger partial charge in [0.25, 0.3) is 0 Å². The lowest BCUT2D eigenvalue weighted by Gasteiger charge is -2.39. The Kier molecular flexibility index (Phi) is 10.0. The molecular weight excluding hydrogens is 563 g/mol. The molecular formula is C31H36Cl2N4O4. The summed E-state index contributed by atoms with van der Waals surface area (Å²) in [5.41, 5.74) is 3.11. The van der Waals surface area contributed by atoms with E-state index in [0.717, 1.165) is 89.9 Å². The van der Waals surface area contributed by atoms with Crippen molar-refractivity contribution in [1.82, 2.24) is 15.1 Å². The van der Waals surface area contributed by atoms with Gasteiger partial charge in [-0.3, -0.25) is 4.90 Å². The van der Waals surface area contributed by atoms with E-state index in [0.29, 0.717) is 12.8 Å². The maximum absolute atomic E-state index is 5.60. The lowest BCUT2D eigenvalue weighted by Crippen LogP contribution is -2.45. The third-order valence-corrected chi connectivity index (χ3v) is 7.78. The third kappa shape index (κ3) is 6.25. The van der Waals surface area contributed by atoms with Crippen LogP contribution < -0.4 is 23.8 Å². The lowest BCUT2D eigenvalue weighted by molar-refractivity contribution is 0.173. The zero-order valence-electron chi connectivity index (χ0n) is 23.5. The van der Waals surface area contributed by atoms with Gasteiger partial charge in [-0.15, -0.1) is 35.0 Å². The topological polar surface area (TPSA) is 69.2 Å². The molecule has 0 N–H and O–H groups in total. The Balaban J connectivity index is 0.00000194. The van der Waals surface area contributed by atoms with Crippen LogP contribution in [0.3, 0.4) is 0 Å². The van der Waals surface area contributed by atoms with Crippen LogP contribution in [-0.4, -0.2) is 61.8 Å². The number of piperidine rings is 1. The molecule has 0 spiro atoms. The molecule has 10 heteroatoms. The van der Waals surface area contributed by atoms with Gasteiger partial charge in [-0.2, -0.15) is 0 Å². The summed E-state index contributed by atoms with van der Waals surface area (Å²) in [7, 11) is 3.37. The van der Waals surface area contributed by atoms with E-state index in [4.69, 9.17) is 29.1 Å². The fourth-order valence-electron chi connectivity index (χ4n) is 5.69. The number of methoxy groups -OCH3 is 2. The van der Waals surface area contributed by atoms with Gasteiger partial charge in [0.1, 0.15) is 17.2 Å². The van der Waals surface area contributed by atoms with Gasteiger partial charge < -0.3 is 23.8 Å². The molecule has 41 heavy (non-hydrogen) atoms. The molecule has 0 aliphatic carbocycles. The number of halogens is 2. The first kappa shape index (κ1) is 30.5. The SMILES string of the molecule is CCN(c1nnc(-c2ccc(OC)cc2)c2ccc(OC)cc12)C1CCN(Cc2ccc3c(c2)OCO3)CC1.Cl.Cl. The monoisotopic (exact) mass is 598 g/mol. The number of nitrogens with zero attached hydrogens (tertiary/aromatic N) is 4. The molecule has 4 aromatic rings. The third-order valence-electron chi connectivity index (χ3n) is 7.78. The average molecular weight is 600 g/mol. The number of fused-ring (bicyclic) bond motifs is 2. The first-order chi connectivity index (χ1) is 19.2. The van der Waals surface area contributed by atoms with E-state index in [1.54, 1.807) is 14.2 Å². The molecule has 0 bridgehead atoms. The summed E-state index contributed by atoms with van der Waals surface area (Å²) in [4.78, 5) is 4.94. The number of likely N-dealkylation sites (tertiary alicyclic amines) is 1. The summed E-state index contributed by atoms with van der Waals surface area (Å²) in [5, 5.41) is 11.7. The highest BCUT2D eigenvalue weighted by Crippen LogP contribution is 2.37. The number of anilines is 1. The van der Waals surface area contributed by atoms with Crippen LogP contribution in [0.5, 0.6) is 23.0 Å². The van der Waals surface area contributed by atoms with E-state index >= 15 is 0 Å². The molecule has 0 amide bonds. The zero-order chi connectivity index (χ0) is 26.8. The maximum Gasteiger partial charge on any atom is 0.231 e. The molecule has 3 heterocycles. The van der Waals surface area contributed by atoms with Crippen molar-refractivity contribution in [2.24, 2.45) is 0 Å². The Morgan fingerprint density at radius 3 is 2.24 bits per heavy atom. The summed E-state index contributed by atoms with van der Waals surface area (Å²) in [6, 6.07) is 20.8. The summed E-state index contributed by atoms with van der Waals surface area (Å²) in [6.07, 6.45) is 2.12. The normalized spacial score (nSPS) is 14.7. The zero-order valence-corrected chi connectivity index (χ0v) is 25.2. The highest BCUT2D eigenvalue weighted by Gasteiger charge is 2.27. The van der Waals surface area contributed by atoms with Gasteiger partial charge in [-0.1, -0.05) is 6.07 Å². The second-order valence-electron chi connectivity index (χ2n) is 9.99. The number of aromatic nitrogens is 2. The Morgan fingerprint density at radius 2 is 1.54 bits per heavy atom. The summed E-state index contributed by atoms with van der Waals surface area (Å²) in [5.74, 6) is 4.22. The average Bonchev–Trinajstić information content (AvgIpc) is 3.46. The highest BCUT2D eigenvalue weighted by molar-refractivity contribution is 6.01. The van der Waals surface area contributed by atoms with Crippen molar-refractivity contribution in [3.63, 3.8) is 0 Å². The molecule has 2 aliphatic heterocycles. The van der Waals surface area contributed by atoms with Crippen LogP contribution in [-0.2, 0) is 6.54 Å². The molecule has 0 atom stereocenters. The Morgan fingerprint density at radius 1 is 0.829 bits per heavy atom. The minimum absolute atomic E-state index is 0. The molecule has 1 saturated heterocycles. The molecule has 218 valence electrons. The van der Waals surface area contributed by atoms with Crippen LogP contribution >= 0.6 is 24.8 Å². The summed E-state index contributed by atoms with van der Waals surface area (Å²) < 4.78 is 22.0. The van der Waals surface area contributed by atoms with E-state index in [9.17, 15) is 0 Å². The highest BCUT2D eigenvalue weighted by atomic mass is 35.5. The van der Waals surface area contributed by atoms with Gasteiger partial charge in [0.2, 0.25) is 6.79 Å². The Hall–Kier alpha value is -3.46. The quantitative estimate of drug-likeness (QED) is 0.231. The van der Waals surface area contributed by atoms with E-state index < -0.39 is 0 Å². The Labute approximate surface area is 253 Å². The minimum atomic E-state index is 0. The van der Waals surface area contributed by atoms with E-state index in [1.165, 1.54) is 5.56 Å². The number of hydrogen-bond acceptors (Lipinski definition) is 8. The van der Waals surface area contributed by atoms with Crippen molar-refractivity contribution in [3.05, 3.63) is 66.2 Å². The van der Waals surface area contributed by atoms with E-state index in [2.05, 4.69) is 41.0 Å². The van der Waals surface area contributed by atoms with Gasteiger partial charge in [-0.25, -0.2) is 0 Å². The number of rotatable bonds is 8. The Bertz CT molecular complexity index is 1460. The van der Waals surface area contributed by atoms with Crippen molar-refractivity contribution in [1.29, 1.82) is 0 Å². The standard InChI is InChI=1S/C31H34N4O4.2ClH/c1-4-35(23-13-15-34(16-14-23)19-21-5-12-28-29(17-21)39-20-38-28)31-27-18-25(37-3)10-11-26(27)30(32-33-31)22-6-8-24(36-2)9-7-22;;/h5-12,17-18,23H,4,13-16,19-20H2,1-3H3;2*1H. The molecule has 1 aromatic heterocycles. The number of benzene rings is 3. The van der Waals surface area contributed by atoms with Crippen LogP contribution in [0.4, 0.5) is 5.82 Å². The first-order valence-electron chi connectivity index (χ1n) is 13.5. The molecule has 3 aromatic carbocycles. The van der Waals surface area contributed by atoms with E-state index in [-0.39, 0.29) is 24.8 Å². The molecule has 0 unspecified atom stereocenters. The molecule has 6 rings (SSSR count). The second kappa shape index (κ2) is 13.5. The fourth-order valence-corrected chi connectivity index (χ4v) is 5.69. The minimum Gasteiger partial charge on any atom is -0.497 e. The van der Waals surface area contributed by atoms with Crippen molar-refractivity contribution in [3.8, 4) is 34.3 Å². The van der Waals surface area contributed by atoms with Crippen LogP contribution in [0.1, 0.15) is 25.3 Å². The van der Waals surface area contributed by atoms with Crippen molar-refractivity contribution in [2.75, 3.05) is 45.5 Å². The number of hydrogen-bond donors (Lipinski definition) is 0. The summed E-state index contributed by atoms with van der Waals surface area (Å²) in [6.45, 7) is 6.32. The summed E-state index contributed by atoms with van der Waals surface area (Å²) >= 11 is 0.